The summed E-state index contributed by atoms with van der Waals surface area (Å²) in [6, 6.07) is 0. The number of aliphatic carboxylic acids is 1. The summed E-state index contributed by atoms with van der Waals surface area (Å²) in [5, 5.41) is 8.43. The minimum Gasteiger partial charge on any atom is -0.476 e. The van der Waals surface area contributed by atoms with Crippen molar-refractivity contribution in [2.75, 3.05) is 6.61 Å². The minimum atomic E-state index is -1.58. The largest absolute Gasteiger partial charge is 0.476 e. The van der Waals surface area contributed by atoms with Crippen LogP contribution in [0.25, 0.3) is 0 Å². The van der Waals surface area contributed by atoms with Gasteiger partial charge < -0.3 is 14.6 Å². The maximum absolute atomic E-state index is 12.0. The van der Waals surface area contributed by atoms with Gasteiger partial charge in [0.05, 0.1) is 6.42 Å². The molecule has 4 fully saturated rings. The van der Waals surface area contributed by atoms with E-state index >= 15 is 0 Å². The number of hydrogen-bond donors (Lipinski definition) is 1. The molecule has 4 rings (SSSR count). The van der Waals surface area contributed by atoms with E-state index in [1.807, 2.05) is 0 Å². The second-order valence-electron chi connectivity index (χ2n) is 7.46. The molecule has 4 saturated carbocycles. The first kappa shape index (κ1) is 16.9. The van der Waals surface area contributed by atoms with E-state index in [-0.39, 0.29) is 12.0 Å². The fraction of sp³-hybridized carbons (Fsp3) is 0.765. The topological polar surface area (TPSA) is 107 Å². The number of hydrogen-bond acceptors (Lipinski definition) is 6. The summed E-state index contributed by atoms with van der Waals surface area (Å²) in [5.41, 5.74) is -0.377. The molecule has 4 aliphatic carbocycles. The van der Waals surface area contributed by atoms with Gasteiger partial charge in [-0.3, -0.25) is 9.59 Å². The molecule has 4 bridgehead atoms. The van der Waals surface area contributed by atoms with Crippen LogP contribution in [0.3, 0.4) is 0 Å². The summed E-state index contributed by atoms with van der Waals surface area (Å²) in [6.07, 6.45) is 5.66. The van der Waals surface area contributed by atoms with Gasteiger partial charge in [0, 0.05) is 6.42 Å². The first-order chi connectivity index (χ1) is 11.3. The van der Waals surface area contributed by atoms with Gasteiger partial charge in [-0.05, 0) is 56.3 Å². The molecule has 0 aromatic carbocycles. The van der Waals surface area contributed by atoms with Crippen LogP contribution in [0.2, 0.25) is 0 Å². The van der Waals surface area contributed by atoms with Crippen LogP contribution in [-0.2, 0) is 28.7 Å². The number of carboxylic acid groups (broad SMARTS) is 1. The van der Waals surface area contributed by atoms with Gasteiger partial charge in [-0.1, -0.05) is 0 Å². The van der Waals surface area contributed by atoms with Crippen molar-refractivity contribution in [1.29, 1.82) is 0 Å². The Morgan fingerprint density at radius 1 is 0.875 bits per heavy atom. The number of Topliss-reactive ketones (excluding diaryl/α,β-unsaturated/α-hetero) is 1. The molecule has 0 heterocycles. The van der Waals surface area contributed by atoms with Crippen molar-refractivity contribution < 1.29 is 33.8 Å². The van der Waals surface area contributed by atoms with Crippen LogP contribution in [0.4, 0.5) is 0 Å². The van der Waals surface area contributed by atoms with Crippen LogP contribution >= 0.6 is 0 Å². The minimum absolute atomic E-state index is 0.351. The lowest BCUT2D eigenvalue weighted by atomic mass is 9.54. The van der Waals surface area contributed by atoms with Gasteiger partial charge in [0.2, 0.25) is 5.78 Å². The zero-order chi connectivity index (χ0) is 17.3. The van der Waals surface area contributed by atoms with Gasteiger partial charge in [0.15, 0.2) is 6.61 Å². The number of esters is 2. The monoisotopic (exact) mass is 338 g/mol. The molecule has 24 heavy (non-hydrogen) atoms. The zero-order valence-corrected chi connectivity index (χ0v) is 13.5. The normalized spacial score (nSPS) is 33.1. The molecule has 1 N–H and O–H groups in total. The highest BCUT2D eigenvalue weighted by Gasteiger charge is 2.53. The van der Waals surface area contributed by atoms with E-state index < -0.39 is 36.7 Å². The lowest BCUT2D eigenvalue weighted by molar-refractivity contribution is -0.192. The van der Waals surface area contributed by atoms with Crippen LogP contribution in [-0.4, -0.2) is 41.0 Å². The molecule has 7 heteroatoms. The third-order valence-electron chi connectivity index (χ3n) is 5.46. The number of ether oxygens (including phenoxy) is 2. The number of carbonyl (C=O) groups is 4. The van der Waals surface area contributed by atoms with Crippen LogP contribution in [0.1, 0.15) is 51.4 Å². The molecule has 0 amide bonds. The Morgan fingerprint density at radius 3 is 1.92 bits per heavy atom. The summed E-state index contributed by atoms with van der Waals surface area (Å²) >= 11 is 0. The molecule has 0 radical (unpaired) electrons. The van der Waals surface area contributed by atoms with Crippen molar-refractivity contribution in [1.82, 2.24) is 0 Å². The van der Waals surface area contributed by atoms with Crippen molar-refractivity contribution in [3.05, 3.63) is 0 Å². The molecule has 132 valence electrons. The third-order valence-corrected chi connectivity index (χ3v) is 5.46. The van der Waals surface area contributed by atoms with Gasteiger partial charge in [0.1, 0.15) is 5.60 Å². The van der Waals surface area contributed by atoms with Crippen molar-refractivity contribution in [2.24, 2.45) is 17.8 Å². The summed E-state index contributed by atoms with van der Waals surface area (Å²) in [7, 11) is 0. The molecular formula is C17H22O7. The molecule has 0 aliphatic heterocycles. The molecule has 0 aromatic rings. The average Bonchev–Trinajstić information content (AvgIpc) is 2.48. The Kier molecular flexibility index (Phi) is 4.60. The second kappa shape index (κ2) is 6.53. The van der Waals surface area contributed by atoms with Crippen LogP contribution in [0.5, 0.6) is 0 Å². The number of carboxylic acids is 1. The van der Waals surface area contributed by atoms with Gasteiger partial charge in [-0.15, -0.1) is 0 Å². The standard InChI is InChI=1S/C17H22O7/c18-13(16(21)22)1-2-14(19)23-9-15(20)24-17-6-10-3-11(7-17)5-12(4-10)8-17/h10-12H,1-9H2,(H,21,22). The molecule has 0 atom stereocenters. The number of rotatable bonds is 7. The first-order valence-electron chi connectivity index (χ1n) is 8.49. The SMILES string of the molecule is O=C(CCC(=O)C(=O)O)OCC(=O)OC12CC3CC(CC(C3)C1)C2. The molecule has 0 saturated heterocycles. The Bertz CT molecular complexity index is 530. The van der Waals surface area contributed by atoms with E-state index in [1.54, 1.807) is 0 Å². The predicted molar refractivity (Wildman–Crippen MR) is 79.8 cm³/mol. The number of ketones is 1. The Hall–Kier alpha value is -1.92. The third kappa shape index (κ3) is 3.76. The fourth-order valence-electron chi connectivity index (χ4n) is 4.96. The Labute approximate surface area is 139 Å². The van der Waals surface area contributed by atoms with E-state index in [9.17, 15) is 19.2 Å². The second-order valence-corrected chi connectivity index (χ2v) is 7.46. The average molecular weight is 338 g/mol. The van der Waals surface area contributed by atoms with E-state index in [1.165, 1.54) is 19.3 Å². The summed E-state index contributed by atoms with van der Waals surface area (Å²) in [5.74, 6) is -2.02. The highest BCUT2D eigenvalue weighted by Crippen LogP contribution is 2.57. The van der Waals surface area contributed by atoms with Crippen LogP contribution in [0.15, 0.2) is 0 Å². The van der Waals surface area contributed by atoms with E-state index in [0.29, 0.717) is 17.8 Å². The van der Waals surface area contributed by atoms with Crippen molar-refractivity contribution in [3.63, 3.8) is 0 Å². The number of carbonyl (C=O) groups excluding carboxylic acids is 3. The first-order valence-corrected chi connectivity index (χ1v) is 8.49. The van der Waals surface area contributed by atoms with Gasteiger partial charge in [-0.25, -0.2) is 9.59 Å². The van der Waals surface area contributed by atoms with Crippen LogP contribution < -0.4 is 0 Å². The highest BCUT2D eigenvalue weighted by molar-refractivity contribution is 6.32. The smallest absolute Gasteiger partial charge is 0.372 e. The molecule has 0 spiro atoms. The summed E-state index contributed by atoms with van der Waals surface area (Å²) in [4.78, 5) is 44.7. The van der Waals surface area contributed by atoms with E-state index in [0.717, 1.165) is 19.3 Å². The van der Waals surface area contributed by atoms with Gasteiger partial charge in [-0.2, -0.15) is 0 Å². The van der Waals surface area contributed by atoms with Gasteiger partial charge in [0.25, 0.3) is 0 Å². The van der Waals surface area contributed by atoms with Crippen molar-refractivity contribution in [2.45, 2.75) is 57.0 Å². The molecule has 0 unspecified atom stereocenters. The Balaban J connectivity index is 1.42. The predicted octanol–water partition coefficient (Wildman–Crippen LogP) is 1.48. The van der Waals surface area contributed by atoms with Crippen LogP contribution in [0, 0.1) is 17.8 Å². The molecule has 4 aliphatic rings. The van der Waals surface area contributed by atoms with Crippen molar-refractivity contribution >= 4 is 23.7 Å². The highest BCUT2D eigenvalue weighted by atomic mass is 16.6. The van der Waals surface area contributed by atoms with Crippen molar-refractivity contribution in [3.8, 4) is 0 Å². The van der Waals surface area contributed by atoms with Gasteiger partial charge >= 0.3 is 17.9 Å². The van der Waals surface area contributed by atoms with E-state index in [2.05, 4.69) is 0 Å². The fourth-order valence-corrected chi connectivity index (χ4v) is 4.96. The lowest BCUT2D eigenvalue weighted by Gasteiger charge is -2.55. The zero-order valence-electron chi connectivity index (χ0n) is 13.5. The quantitative estimate of drug-likeness (QED) is 0.553. The lowest BCUT2D eigenvalue weighted by Crippen LogP contribution is -2.53. The maximum atomic E-state index is 12.0. The summed E-state index contributed by atoms with van der Waals surface area (Å²) in [6.45, 7) is -0.484. The Morgan fingerprint density at radius 2 is 1.42 bits per heavy atom. The molecule has 7 nitrogen and oxygen atoms in total. The molecular weight excluding hydrogens is 316 g/mol. The maximum Gasteiger partial charge on any atom is 0.372 e. The molecule has 0 aromatic heterocycles. The summed E-state index contributed by atoms with van der Waals surface area (Å²) < 4.78 is 10.5. The van der Waals surface area contributed by atoms with E-state index in [4.69, 9.17) is 14.6 Å².